The van der Waals surface area contributed by atoms with Crippen molar-refractivity contribution in [2.45, 2.75) is 37.2 Å². The lowest BCUT2D eigenvalue weighted by Crippen LogP contribution is -2.37. The lowest BCUT2D eigenvalue weighted by molar-refractivity contribution is 0.523. The summed E-state index contributed by atoms with van der Waals surface area (Å²) in [4.78, 5) is 8.17. The van der Waals surface area contributed by atoms with Crippen LogP contribution in [0, 0.1) is 0 Å². The molecule has 1 atom stereocenters. The zero-order valence-corrected chi connectivity index (χ0v) is 13.8. The summed E-state index contributed by atoms with van der Waals surface area (Å²) >= 11 is 0. The maximum Gasteiger partial charge on any atom is 0.242 e. The van der Waals surface area contributed by atoms with E-state index in [2.05, 4.69) is 14.7 Å². The minimum Gasteiger partial charge on any atom is -0.370 e. The molecule has 0 saturated heterocycles. The second-order valence-electron chi connectivity index (χ2n) is 5.19. The Balaban J connectivity index is 2.37. The van der Waals surface area contributed by atoms with E-state index in [0.717, 1.165) is 18.2 Å². The van der Waals surface area contributed by atoms with Crippen molar-refractivity contribution in [3.63, 3.8) is 0 Å². The Hall–Kier alpha value is -2.19. The molecule has 0 aliphatic heterocycles. The first-order chi connectivity index (χ1) is 10.9. The number of pyridine rings is 1. The van der Waals surface area contributed by atoms with E-state index in [9.17, 15) is 8.42 Å². The molecule has 0 aliphatic rings. The number of nitrogens with zero attached hydrogens (tertiary/aromatic N) is 2. The maximum absolute atomic E-state index is 12.7. The van der Waals surface area contributed by atoms with E-state index in [-0.39, 0.29) is 10.9 Å². The fourth-order valence-electron chi connectivity index (χ4n) is 2.30. The van der Waals surface area contributed by atoms with Crippen LogP contribution in [0.2, 0.25) is 0 Å². The van der Waals surface area contributed by atoms with Crippen LogP contribution in [-0.4, -0.2) is 25.5 Å². The van der Waals surface area contributed by atoms with Crippen LogP contribution in [0.1, 0.15) is 26.2 Å². The van der Waals surface area contributed by atoms with Crippen LogP contribution in [0.5, 0.6) is 0 Å². The Morgan fingerprint density at radius 3 is 2.83 bits per heavy atom. The number of benzene rings is 1. The standard InChI is InChI=1S/C15H21N5O2S/c1-2-3-7-14(19-15(16)17)20-23(21,22)13-6-4-5-11-10-18-9-8-12(11)13/h4-6,8-10,14,20H,2-3,7H2,1H3,(H4,16,17,19). The summed E-state index contributed by atoms with van der Waals surface area (Å²) in [5.74, 6) is -0.143. The lowest BCUT2D eigenvalue weighted by atomic mass is 10.2. The molecule has 2 aromatic rings. The molecule has 0 amide bonds. The van der Waals surface area contributed by atoms with Crippen LogP contribution in [-0.2, 0) is 10.0 Å². The van der Waals surface area contributed by atoms with Crippen LogP contribution >= 0.6 is 0 Å². The highest BCUT2D eigenvalue weighted by atomic mass is 32.2. The van der Waals surface area contributed by atoms with Crippen molar-refractivity contribution in [1.29, 1.82) is 0 Å². The summed E-state index contributed by atoms with van der Waals surface area (Å²) in [6.07, 6.45) is 4.76. The molecule has 124 valence electrons. The van der Waals surface area contributed by atoms with Crippen molar-refractivity contribution in [3.05, 3.63) is 36.7 Å². The molecule has 7 nitrogen and oxygen atoms in total. The normalized spacial score (nSPS) is 12.9. The molecule has 0 spiro atoms. The van der Waals surface area contributed by atoms with Gasteiger partial charge in [-0.1, -0.05) is 31.9 Å². The Morgan fingerprint density at radius 2 is 2.13 bits per heavy atom. The van der Waals surface area contributed by atoms with Gasteiger partial charge in [-0.2, -0.15) is 4.72 Å². The highest BCUT2D eigenvalue weighted by Gasteiger charge is 2.21. The molecule has 0 saturated carbocycles. The van der Waals surface area contributed by atoms with Gasteiger partial charge in [0.25, 0.3) is 0 Å². The third kappa shape index (κ3) is 4.40. The predicted octanol–water partition coefficient (Wildman–Crippen LogP) is 1.30. The number of unbranched alkanes of at least 4 members (excludes halogenated alkanes) is 1. The highest BCUT2D eigenvalue weighted by molar-refractivity contribution is 7.89. The van der Waals surface area contributed by atoms with Gasteiger partial charge >= 0.3 is 0 Å². The summed E-state index contributed by atoms with van der Waals surface area (Å²) in [7, 11) is -3.76. The number of rotatable bonds is 7. The Labute approximate surface area is 135 Å². The van der Waals surface area contributed by atoms with Crippen LogP contribution in [0.15, 0.2) is 46.5 Å². The first-order valence-corrected chi connectivity index (χ1v) is 8.86. The van der Waals surface area contributed by atoms with Crippen molar-refractivity contribution in [1.82, 2.24) is 9.71 Å². The van der Waals surface area contributed by atoms with Crippen LogP contribution < -0.4 is 16.2 Å². The van der Waals surface area contributed by atoms with Crippen LogP contribution in [0.25, 0.3) is 10.8 Å². The molecule has 1 heterocycles. The fraction of sp³-hybridized carbons (Fsp3) is 0.333. The second kappa shape index (κ2) is 7.38. The fourth-order valence-corrected chi connectivity index (χ4v) is 3.69. The molecule has 0 aliphatic carbocycles. The SMILES string of the molecule is CCCCC(N=C(N)N)NS(=O)(=O)c1cccc2cnccc12. The van der Waals surface area contributed by atoms with Crippen molar-refractivity contribution >= 4 is 26.8 Å². The number of hydrogen-bond donors (Lipinski definition) is 3. The minimum absolute atomic E-state index is 0.143. The van der Waals surface area contributed by atoms with Crippen molar-refractivity contribution in [3.8, 4) is 0 Å². The Bertz CT molecular complexity index is 795. The monoisotopic (exact) mass is 335 g/mol. The Morgan fingerprint density at radius 1 is 1.35 bits per heavy atom. The van der Waals surface area contributed by atoms with E-state index in [4.69, 9.17) is 11.5 Å². The molecule has 8 heteroatoms. The molecule has 1 aromatic carbocycles. The highest BCUT2D eigenvalue weighted by Crippen LogP contribution is 2.22. The third-order valence-electron chi connectivity index (χ3n) is 3.36. The summed E-state index contributed by atoms with van der Waals surface area (Å²) < 4.78 is 28.0. The summed E-state index contributed by atoms with van der Waals surface area (Å²) in [6.45, 7) is 2.01. The third-order valence-corrected chi connectivity index (χ3v) is 4.87. The van der Waals surface area contributed by atoms with E-state index in [0.29, 0.717) is 11.8 Å². The zero-order chi connectivity index (χ0) is 16.9. The second-order valence-corrected chi connectivity index (χ2v) is 6.87. The number of hydrogen-bond acceptors (Lipinski definition) is 4. The molecular formula is C15H21N5O2S. The topological polar surface area (TPSA) is 123 Å². The number of nitrogens with two attached hydrogens (primary N) is 2. The molecule has 0 bridgehead atoms. The van der Waals surface area contributed by atoms with Gasteiger partial charge in [-0.3, -0.25) is 4.98 Å². The molecule has 1 aromatic heterocycles. The number of aliphatic imine (C=N–C) groups is 1. The summed E-state index contributed by atoms with van der Waals surface area (Å²) in [6, 6.07) is 6.72. The number of fused-ring (bicyclic) bond motifs is 1. The number of aromatic nitrogens is 1. The van der Waals surface area contributed by atoms with E-state index in [1.807, 2.05) is 13.0 Å². The average molecular weight is 335 g/mol. The maximum atomic E-state index is 12.7. The lowest BCUT2D eigenvalue weighted by Gasteiger charge is -2.16. The smallest absolute Gasteiger partial charge is 0.242 e. The minimum atomic E-state index is -3.76. The van der Waals surface area contributed by atoms with Crippen molar-refractivity contribution < 1.29 is 8.42 Å². The molecule has 1 unspecified atom stereocenters. The van der Waals surface area contributed by atoms with Gasteiger partial charge in [-0.05, 0) is 18.6 Å². The van der Waals surface area contributed by atoms with E-state index < -0.39 is 16.2 Å². The number of sulfonamides is 1. The first kappa shape index (κ1) is 17.2. The van der Waals surface area contributed by atoms with Crippen LogP contribution in [0.3, 0.4) is 0 Å². The largest absolute Gasteiger partial charge is 0.370 e. The van der Waals surface area contributed by atoms with Gasteiger partial charge in [-0.25, -0.2) is 13.4 Å². The molecule has 2 rings (SSSR count). The number of nitrogens with one attached hydrogen (secondary N) is 1. The van der Waals surface area contributed by atoms with Gasteiger partial charge < -0.3 is 11.5 Å². The van der Waals surface area contributed by atoms with Crippen molar-refractivity contribution in [2.75, 3.05) is 0 Å². The van der Waals surface area contributed by atoms with E-state index in [1.54, 1.807) is 30.6 Å². The van der Waals surface area contributed by atoms with Gasteiger partial charge in [-0.15, -0.1) is 0 Å². The summed E-state index contributed by atoms with van der Waals surface area (Å²) in [5.41, 5.74) is 10.8. The van der Waals surface area contributed by atoms with Gasteiger partial charge in [0, 0.05) is 23.2 Å². The first-order valence-electron chi connectivity index (χ1n) is 7.38. The quantitative estimate of drug-likeness (QED) is 0.520. The molecule has 0 radical (unpaired) electrons. The molecular weight excluding hydrogens is 314 g/mol. The van der Waals surface area contributed by atoms with Gasteiger partial charge in [0.1, 0.15) is 6.17 Å². The van der Waals surface area contributed by atoms with Gasteiger partial charge in [0.05, 0.1) is 4.90 Å². The summed E-state index contributed by atoms with van der Waals surface area (Å²) in [5, 5.41) is 1.36. The molecule has 0 fully saturated rings. The molecule has 5 N–H and O–H groups in total. The average Bonchev–Trinajstić information content (AvgIpc) is 2.51. The number of guanidine groups is 1. The van der Waals surface area contributed by atoms with E-state index in [1.165, 1.54) is 0 Å². The van der Waals surface area contributed by atoms with E-state index >= 15 is 0 Å². The van der Waals surface area contributed by atoms with Gasteiger partial charge in [0.2, 0.25) is 10.0 Å². The predicted molar refractivity (Wildman–Crippen MR) is 91.2 cm³/mol. The Kier molecular flexibility index (Phi) is 5.51. The van der Waals surface area contributed by atoms with Crippen LogP contribution in [0.4, 0.5) is 0 Å². The molecule has 23 heavy (non-hydrogen) atoms. The van der Waals surface area contributed by atoms with Crippen molar-refractivity contribution in [2.24, 2.45) is 16.5 Å². The zero-order valence-electron chi connectivity index (χ0n) is 12.9. The van der Waals surface area contributed by atoms with Gasteiger partial charge in [0.15, 0.2) is 5.96 Å².